The number of hydrogen-bond acceptors (Lipinski definition) is 3. The molecule has 2 fully saturated rings. The highest BCUT2D eigenvalue weighted by molar-refractivity contribution is 4.89. The molecule has 0 aromatic heterocycles. The van der Waals surface area contributed by atoms with Crippen LogP contribution in [0.15, 0.2) is 0 Å². The highest BCUT2D eigenvalue weighted by Crippen LogP contribution is 2.34. The molecule has 1 saturated heterocycles. The van der Waals surface area contributed by atoms with E-state index in [4.69, 9.17) is 4.74 Å². The highest BCUT2D eigenvalue weighted by Gasteiger charge is 2.35. The molecule has 3 heteroatoms. The Morgan fingerprint density at radius 1 is 1.15 bits per heavy atom. The second kappa shape index (κ2) is 7.77. The molecule has 0 atom stereocenters. The van der Waals surface area contributed by atoms with Crippen molar-refractivity contribution < 1.29 is 4.74 Å². The molecule has 0 unspecified atom stereocenters. The van der Waals surface area contributed by atoms with E-state index < -0.39 is 0 Å². The lowest BCUT2D eigenvalue weighted by molar-refractivity contribution is -0.00963. The third-order valence-corrected chi connectivity index (χ3v) is 5.71. The second-order valence-corrected chi connectivity index (χ2v) is 7.14. The first kappa shape index (κ1) is 16.3. The van der Waals surface area contributed by atoms with E-state index in [2.05, 4.69) is 31.2 Å². The lowest BCUT2D eigenvalue weighted by Crippen LogP contribution is -2.49. The Morgan fingerprint density at radius 2 is 1.80 bits per heavy atom. The Labute approximate surface area is 125 Å². The molecule has 0 amide bonds. The van der Waals surface area contributed by atoms with Gasteiger partial charge in [-0.2, -0.15) is 0 Å². The van der Waals surface area contributed by atoms with Gasteiger partial charge in [-0.15, -0.1) is 0 Å². The van der Waals surface area contributed by atoms with E-state index in [0.717, 1.165) is 31.7 Å². The highest BCUT2D eigenvalue weighted by atomic mass is 16.5. The van der Waals surface area contributed by atoms with Gasteiger partial charge in [-0.25, -0.2) is 0 Å². The topological polar surface area (TPSA) is 24.5 Å². The fourth-order valence-electron chi connectivity index (χ4n) is 4.22. The minimum Gasteiger partial charge on any atom is -0.381 e. The van der Waals surface area contributed by atoms with Gasteiger partial charge in [-0.05, 0) is 64.0 Å². The molecule has 0 radical (unpaired) electrons. The smallest absolute Gasteiger partial charge is 0.0472 e. The molecule has 0 aromatic rings. The largest absolute Gasteiger partial charge is 0.381 e. The number of hydrogen-bond donors (Lipinski definition) is 1. The number of nitrogens with zero attached hydrogens (tertiary/aromatic N) is 1. The Morgan fingerprint density at radius 3 is 2.35 bits per heavy atom. The van der Waals surface area contributed by atoms with Gasteiger partial charge in [0.05, 0.1) is 0 Å². The van der Waals surface area contributed by atoms with Crippen LogP contribution >= 0.6 is 0 Å². The lowest BCUT2D eigenvalue weighted by atomic mass is 9.78. The van der Waals surface area contributed by atoms with Crippen LogP contribution in [-0.2, 0) is 4.74 Å². The van der Waals surface area contributed by atoms with Crippen LogP contribution in [-0.4, -0.2) is 51.3 Å². The third kappa shape index (κ3) is 4.19. The van der Waals surface area contributed by atoms with Crippen molar-refractivity contribution in [2.24, 2.45) is 11.3 Å². The summed E-state index contributed by atoms with van der Waals surface area (Å²) in [5.74, 6) is 0.994. The summed E-state index contributed by atoms with van der Waals surface area (Å²) in [5.41, 5.74) is 0.434. The molecule has 1 saturated carbocycles. The van der Waals surface area contributed by atoms with E-state index in [1.807, 2.05) is 0 Å². The van der Waals surface area contributed by atoms with Gasteiger partial charge in [-0.3, -0.25) is 0 Å². The molecule has 3 nitrogen and oxygen atoms in total. The Bertz CT molecular complexity index is 263. The van der Waals surface area contributed by atoms with Gasteiger partial charge >= 0.3 is 0 Å². The second-order valence-electron chi connectivity index (χ2n) is 7.14. The number of ether oxygens (including phenoxy) is 1. The maximum Gasteiger partial charge on any atom is 0.0472 e. The molecular weight excluding hydrogens is 248 g/mol. The Kier molecular flexibility index (Phi) is 6.31. The summed E-state index contributed by atoms with van der Waals surface area (Å²) in [6.45, 7) is 6.60. The molecule has 118 valence electrons. The van der Waals surface area contributed by atoms with E-state index in [1.54, 1.807) is 0 Å². The van der Waals surface area contributed by atoms with E-state index in [9.17, 15) is 0 Å². The zero-order valence-electron chi connectivity index (χ0n) is 13.8. The molecule has 2 rings (SSSR count). The first-order valence-electron chi connectivity index (χ1n) is 8.62. The number of rotatable bonds is 6. The molecule has 0 aromatic carbocycles. The normalized spacial score (nSPS) is 30.6. The molecule has 1 heterocycles. The van der Waals surface area contributed by atoms with Crippen LogP contribution < -0.4 is 5.32 Å². The van der Waals surface area contributed by atoms with Crippen LogP contribution in [0.2, 0.25) is 0 Å². The van der Waals surface area contributed by atoms with Gasteiger partial charge in [0.2, 0.25) is 0 Å². The van der Waals surface area contributed by atoms with Crippen LogP contribution in [0.3, 0.4) is 0 Å². The third-order valence-electron chi connectivity index (χ3n) is 5.71. The van der Waals surface area contributed by atoms with Crippen molar-refractivity contribution in [2.75, 3.05) is 40.4 Å². The van der Waals surface area contributed by atoms with Crippen molar-refractivity contribution in [3.63, 3.8) is 0 Å². The molecule has 0 spiro atoms. The summed E-state index contributed by atoms with van der Waals surface area (Å²) in [7, 11) is 4.44. The first-order chi connectivity index (χ1) is 9.69. The van der Waals surface area contributed by atoms with Crippen molar-refractivity contribution >= 4 is 0 Å². The average Bonchev–Trinajstić information content (AvgIpc) is 2.48. The number of nitrogens with one attached hydrogen (secondary N) is 1. The minimum absolute atomic E-state index is 0.434. The van der Waals surface area contributed by atoms with E-state index >= 15 is 0 Å². The zero-order valence-corrected chi connectivity index (χ0v) is 13.8. The Hall–Kier alpha value is -0.120. The van der Waals surface area contributed by atoms with Crippen molar-refractivity contribution in [3.8, 4) is 0 Å². The molecular formula is C17H34N2O. The maximum absolute atomic E-state index is 5.58. The van der Waals surface area contributed by atoms with Crippen molar-refractivity contribution in [1.82, 2.24) is 10.2 Å². The van der Waals surface area contributed by atoms with Crippen LogP contribution in [0, 0.1) is 11.3 Å². The Balaban J connectivity index is 1.86. The zero-order chi connectivity index (χ0) is 14.4. The summed E-state index contributed by atoms with van der Waals surface area (Å²) in [5, 5.41) is 3.42. The molecule has 2 aliphatic rings. The van der Waals surface area contributed by atoms with Gasteiger partial charge in [0.25, 0.3) is 0 Å². The predicted octanol–water partition coefficient (Wildman–Crippen LogP) is 2.90. The quantitative estimate of drug-likeness (QED) is 0.811. The molecule has 0 bridgehead atoms. The molecule has 20 heavy (non-hydrogen) atoms. The summed E-state index contributed by atoms with van der Waals surface area (Å²) in [6.07, 6.45) is 9.48. The summed E-state index contributed by atoms with van der Waals surface area (Å²) in [6, 6.07) is 0.814. The van der Waals surface area contributed by atoms with Gasteiger partial charge in [0.15, 0.2) is 0 Å². The summed E-state index contributed by atoms with van der Waals surface area (Å²) >= 11 is 0. The van der Waals surface area contributed by atoms with Crippen LogP contribution in [0.25, 0.3) is 0 Å². The van der Waals surface area contributed by atoms with E-state index in [1.165, 1.54) is 51.5 Å². The van der Waals surface area contributed by atoms with Crippen LogP contribution in [0.1, 0.15) is 51.9 Å². The van der Waals surface area contributed by atoms with Gasteiger partial charge in [-0.1, -0.05) is 13.3 Å². The monoisotopic (exact) mass is 282 g/mol. The molecule has 1 N–H and O–H groups in total. The average molecular weight is 282 g/mol. The standard InChI is InChI=1S/C17H34N2O/c1-4-15-5-7-16(8-6-15)19(3)14-17(13-18-2)9-11-20-12-10-17/h15-16,18H,4-14H2,1-3H3. The lowest BCUT2D eigenvalue weighted by Gasteiger charge is -2.43. The van der Waals surface area contributed by atoms with Gasteiger partial charge < -0.3 is 15.0 Å². The fourth-order valence-corrected chi connectivity index (χ4v) is 4.22. The van der Waals surface area contributed by atoms with Crippen molar-refractivity contribution in [2.45, 2.75) is 57.9 Å². The molecule has 1 aliphatic carbocycles. The van der Waals surface area contributed by atoms with Gasteiger partial charge in [0.1, 0.15) is 0 Å². The van der Waals surface area contributed by atoms with Crippen LogP contribution in [0.4, 0.5) is 0 Å². The first-order valence-corrected chi connectivity index (χ1v) is 8.62. The molecule has 1 aliphatic heterocycles. The predicted molar refractivity (Wildman–Crippen MR) is 85.1 cm³/mol. The minimum atomic E-state index is 0.434. The maximum atomic E-state index is 5.58. The van der Waals surface area contributed by atoms with Crippen LogP contribution in [0.5, 0.6) is 0 Å². The van der Waals surface area contributed by atoms with Gasteiger partial charge in [0, 0.05) is 32.3 Å². The van der Waals surface area contributed by atoms with E-state index in [0.29, 0.717) is 5.41 Å². The summed E-state index contributed by atoms with van der Waals surface area (Å²) in [4.78, 5) is 2.66. The SMILES string of the molecule is CCC1CCC(N(C)CC2(CNC)CCOCC2)CC1. The summed E-state index contributed by atoms with van der Waals surface area (Å²) < 4.78 is 5.58. The van der Waals surface area contributed by atoms with Crippen molar-refractivity contribution in [1.29, 1.82) is 0 Å². The van der Waals surface area contributed by atoms with Crippen molar-refractivity contribution in [3.05, 3.63) is 0 Å². The van der Waals surface area contributed by atoms with E-state index in [-0.39, 0.29) is 0 Å². The fraction of sp³-hybridized carbons (Fsp3) is 1.00.